The van der Waals surface area contributed by atoms with Gasteiger partial charge in [0.2, 0.25) is 5.88 Å². The van der Waals surface area contributed by atoms with E-state index in [0.29, 0.717) is 28.0 Å². The molecule has 2 N–H and O–H groups in total. The number of hydrogen-bond donors (Lipinski definition) is 2. The van der Waals surface area contributed by atoms with E-state index in [-0.39, 0.29) is 5.69 Å². The molecule has 0 atom stereocenters. The number of halogens is 4. The number of nitrogens with one attached hydrogen (secondary N) is 2. The summed E-state index contributed by atoms with van der Waals surface area (Å²) in [4.78, 5) is 14.3. The second-order valence-electron chi connectivity index (χ2n) is 7.59. The Hall–Kier alpha value is -4.11. The first-order valence-electron chi connectivity index (χ1n) is 10.6. The molecular formula is C26H23ClF3N3O3. The molecular weight excluding hydrogens is 495 g/mol. The van der Waals surface area contributed by atoms with Crippen LogP contribution in [0.15, 0.2) is 96.9 Å². The maximum absolute atomic E-state index is 12.6. The summed E-state index contributed by atoms with van der Waals surface area (Å²) < 4.78 is 46.9. The Morgan fingerprint density at radius 2 is 1.64 bits per heavy atom. The summed E-state index contributed by atoms with van der Waals surface area (Å²) in [5, 5.41) is 5.75. The van der Waals surface area contributed by atoms with E-state index in [0.717, 1.165) is 17.7 Å². The Labute approximate surface area is 211 Å². The van der Waals surface area contributed by atoms with Crippen LogP contribution in [0.25, 0.3) is 0 Å². The van der Waals surface area contributed by atoms with Crippen molar-refractivity contribution in [1.82, 2.24) is 0 Å². The molecule has 0 bridgehead atoms. The molecule has 0 aromatic heterocycles. The van der Waals surface area contributed by atoms with E-state index < -0.39 is 18.1 Å². The van der Waals surface area contributed by atoms with Crippen LogP contribution in [0.4, 0.5) is 35.0 Å². The highest BCUT2D eigenvalue weighted by atomic mass is 35.5. The number of carbonyl (C=O) groups is 1. The molecule has 0 saturated heterocycles. The molecule has 188 valence electrons. The molecule has 36 heavy (non-hydrogen) atoms. The molecule has 10 heteroatoms. The second kappa shape index (κ2) is 11.5. The number of urea groups is 1. The van der Waals surface area contributed by atoms with Crippen LogP contribution in [-0.2, 0) is 0 Å². The number of benzene rings is 3. The van der Waals surface area contributed by atoms with Crippen LogP contribution in [0.3, 0.4) is 0 Å². The fourth-order valence-electron chi connectivity index (χ4n) is 3.04. The highest BCUT2D eigenvalue weighted by Gasteiger charge is 2.31. The van der Waals surface area contributed by atoms with Gasteiger partial charge in [-0.05, 0) is 55.5 Å². The third kappa shape index (κ3) is 7.71. The SMILES string of the molecule is C=C(C)/C=C(/Oc1ccccc1NC(=O)Nc1ccc(OC(F)(F)F)cc1)N(C)c1ccccc1Cl. The van der Waals surface area contributed by atoms with E-state index in [1.54, 1.807) is 48.4 Å². The van der Waals surface area contributed by atoms with Gasteiger partial charge in [-0.15, -0.1) is 13.2 Å². The van der Waals surface area contributed by atoms with Crippen LogP contribution < -0.4 is 25.0 Å². The number of anilines is 3. The Bertz CT molecular complexity index is 1260. The van der Waals surface area contributed by atoms with Crippen LogP contribution in [0, 0.1) is 0 Å². The van der Waals surface area contributed by atoms with Gasteiger partial charge in [-0.2, -0.15) is 0 Å². The van der Waals surface area contributed by atoms with Gasteiger partial charge in [-0.25, -0.2) is 4.79 Å². The van der Waals surface area contributed by atoms with Crippen molar-refractivity contribution in [3.05, 3.63) is 102 Å². The lowest BCUT2D eigenvalue weighted by Gasteiger charge is -2.24. The van der Waals surface area contributed by atoms with Crippen LogP contribution in [0.2, 0.25) is 5.02 Å². The number of ether oxygens (including phenoxy) is 2. The number of alkyl halides is 3. The van der Waals surface area contributed by atoms with Crippen molar-refractivity contribution in [2.45, 2.75) is 13.3 Å². The minimum absolute atomic E-state index is 0.266. The Kier molecular flexibility index (Phi) is 8.50. The van der Waals surface area contributed by atoms with E-state index in [4.69, 9.17) is 16.3 Å². The number of carbonyl (C=O) groups excluding carboxylic acids is 1. The van der Waals surface area contributed by atoms with Gasteiger partial charge in [0.1, 0.15) is 5.75 Å². The predicted molar refractivity (Wildman–Crippen MR) is 136 cm³/mol. The number of nitrogens with zero attached hydrogens (tertiary/aromatic N) is 1. The Morgan fingerprint density at radius 3 is 2.28 bits per heavy atom. The minimum atomic E-state index is -4.80. The fourth-order valence-corrected chi connectivity index (χ4v) is 3.31. The molecule has 0 spiro atoms. The lowest BCUT2D eigenvalue weighted by Crippen LogP contribution is -2.23. The molecule has 2 amide bonds. The van der Waals surface area contributed by atoms with Crippen molar-refractivity contribution >= 4 is 34.7 Å². The first-order valence-corrected chi connectivity index (χ1v) is 11.0. The fraction of sp³-hybridized carbons (Fsp3) is 0.115. The van der Waals surface area contributed by atoms with Crippen molar-refractivity contribution in [3.63, 3.8) is 0 Å². The average molecular weight is 518 g/mol. The van der Waals surface area contributed by atoms with Crippen LogP contribution >= 0.6 is 11.6 Å². The quantitative estimate of drug-likeness (QED) is 0.236. The van der Waals surface area contributed by atoms with Crippen molar-refractivity contribution in [3.8, 4) is 11.5 Å². The maximum Gasteiger partial charge on any atom is 0.573 e. The number of allylic oxidation sites excluding steroid dienone is 2. The molecule has 0 saturated carbocycles. The lowest BCUT2D eigenvalue weighted by molar-refractivity contribution is -0.274. The van der Waals surface area contributed by atoms with Gasteiger partial charge in [0, 0.05) is 18.8 Å². The molecule has 3 rings (SSSR count). The Morgan fingerprint density at radius 1 is 1.00 bits per heavy atom. The van der Waals surface area contributed by atoms with E-state index in [1.165, 1.54) is 12.1 Å². The van der Waals surface area contributed by atoms with Crippen LogP contribution in [0.1, 0.15) is 6.92 Å². The molecule has 0 fully saturated rings. The van der Waals surface area contributed by atoms with Gasteiger partial charge in [0.25, 0.3) is 0 Å². The zero-order chi connectivity index (χ0) is 26.3. The van der Waals surface area contributed by atoms with Gasteiger partial charge in [-0.1, -0.05) is 48.0 Å². The molecule has 0 radical (unpaired) electrons. The van der Waals surface area contributed by atoms with Gasteiger partial charge in [-0.3, -0.25) is 0 Å². The molecule has 6 nitrogen and oxygen atoms in total. The lowest BCUT2D eigenvalue weighted by atomic mass is 10.2. The number of para-hydroxylation sites is 3. The summed E-state index contributed by atoms with van der Waals surface area (Å²) in [5.41, 5.74) is 2.05. The molecule has 3 aromatic carbocycles. The maximum atomic E-state index is 12.6. The number of amides is 2. The van der Waals surface area contributed by atoms with Gasteiger partial charge >= 0.3 is 12.4 Å². The zero-order valence-corrected chi connectivity index (χ0v) is 20.2. The molecule has 0 heterocycles. The van der Waals surface area contributed by atoms with E-state index in [9.17, 15) is 18.0 Å². The second-order valence-corrected chi connectivity index (χ2v) is 8.00. The predicted octanol–water partition coefficient (Wildman–Crippen LogP) is 7.82. The topological polar surface area (TPSA) is 62.8 Å². The van der Waals surface area contributed by atoms with E-state index in [1.807, 2.05) is 25.1 Å². The molecule has 0 aliphatic carbocycles. The first kappa shape index (κ1) is 26.5. The van der Waals surface area contributed by atoms with Crippen molar-refractivity contribution in [2.24, 2.45) is 0 Å². The monoisotopic (exact) mass is 517 g/mol. The van der Waals surface area contributed by atoms with Gasteiger partial charge in [0.05, 0.1) is 16.4 Å². The number of hydrogen-bond acceptors (Lipinski definition) is 4. The summed E-state index contributed by atoms with van der Waals surface area (Å²) >= 11 is 6.35. The van der Waals surface area contributed by atoms with Gasteiger partial charge < -0.3 is 25.0 Å². The van der Waals surface area contributed by atoms with Gasteiger partial charge in [0.15, 0.2) is 5.75 Å². The average Bonchev–Trinajstić information content (AvgIpc) is 2.80. The molecule has 0 aliphatic heterocycles. The standard InChI is InChI=1S/C26H23ClF3N3O3/c1-17(2)16-24(33(3)22-10-6-4-8-20(22)27)35-23-11-7-5-9-21(23)32-25(34)31-18-12-14-19(15-13-18)36-26(28,29)30/h4-16H,1H2,2-3H3,(H2,31,32,34)/b24-16+. The summed E-state index contributed by atoms with van der Waals surface area (Å²) in [7, 11) is 1.78. The van der Waals surface area contributed by atoms with Crippen molar-refractivity contribution < 1.29 is 27.4 Å². The smallest absolute Gasteiger partial charge is 0.439 e. The summed E-state index contributed by atoms with van der Waals surface area (Å²) in [6.45, 7) is 5.72. The van der Waals surface area contributed by atoms with Crippen molar-refractivity contribution in [2.75, 3.05) is 22.6 Å². The molecule has 3 aromatic rings. The Balaban J connectivity index is 1.75. The number of rotatable bonds is 8. The summed E-state index contributed by atoms with van der Waals surface area (Å²) in [6, 6.07) is 18.2. The minimum Gasteiger partial charge on any atom is -0.439 e. The summed E-state index contributed by atoms with van der Waals surface area (Å²) in [6.07, 6.45) is -3.07. The van der Waals surface area contributed by atoms with E-state index in [2.05, 4.69) is 21.9 Å². The third-order valence-electron chi connectivity index (χ3n) is 4.61. The summed E-state index contributed by atoms with van der Waals surface area (Å²) in [5.74, 6) is 0.352. The van der Waals surface area contributed by atoms with Crippen LogP contribution in [-0.4, -0.2) is 19.4 Å². The largest absolute Gasteiger partial charge is 0.573 e. The van der Waals surface area contributed by atoms with Crippen molar-refractivity contribution in [1.29, 1.82) is 0 Å². The van der Waals surface area contributed by atoms with E-state index >= 15 is 0 Å². The third-order valence-corrected chi connectivity index (χ3v) is 4.93. The first-order chi connectivity index (χ1) is 17.0. The normalized spacial score (nSPS) is 11.4. The zero-order valence-electron chi connectivity index (χ0n) is 19.4. The van der Waals surface area contributed by atoms with Crippen LogP contribution in [0.5, 0.6) is 11.5 Å². The molecule has 0 unspecified atom stereocenters. The highest BCUT2D eigenvalue weighted by Crippen LogP contribution is 2.31. The molecule has 0 aliphatic rings. The highest BCUT2D eigenvalue weighted by molar-refractivity contribution is 6.33.